The van der Waals surface area contributed by atoms with Crippen LogP contribution in [0, 0.1) is 0 Å². The van der Waals surface area contributed by atoms with Gasteiger partial charge in [-0.2, -0.15) is 0 Å². The summed E-state index contributed by atoms with van der Waals surface area (Å²) in [6, 6.07) is 11.9. The molecule has 5 nitrogen and oxygen atoms in total. The van der Waals surface area contributed by atoms with Crippen LogP contribution in [0.5, 0.6) is 0 Å². The number of benzene rings is 1. The summed E-state index contributed by atoms with van der Waals surface area (Å²) in [6.45, 7) is 8.42. The second kappa shape index (κ2) is 6.57. The molecule has 0 amide bonds. The fourth-order valence-electron chi connectivity index (χ4n) is 3.68. The molecule has 26 heavy (non-hydrogen) atoms. The molecule has 1 aromatic heterocycles. The van der Waals surface area contributed by atoms with E-state index in [1.54, 1.807) is 6.07 Å². The Bertz CT molecular complexity index is 1020. The zero-order valence-corrected chi connectivity index (χ0v) is 15.3. The van der Waals surface area contributed by atoms with Crippen LogP contribution in [0.3, 0.4) is 0 Å². The monoisotopic (exact) mass is 348 g/mol. The number of piperazine rings is 1. The molecule has 0 spiro atoms. The van der Waals surface area contributed by atoms with Crippen LogP contribution in [0.1, 0.15) is 13.8 Å². The number of anilines is 2. The van der Waals surface area contributed by atoms with Crippen molar-refractivity contribution in [2.75, 3.05) is 36.8 Å². The fourth-order valence-corrected chi connectivity index (χ4v) is 3.68. The lowest BCUT2D eigenvalue weighted by Crippen LogP contribution is -2.48. The molecule has 0 bridgehead atoms. The summed E-state index contributed by atoms with van der Waals surface area (Å²) in [6.07, 6.45) is 1.88. The van der Waals surface area contributed by atoms with Crippen molar-refractivity contribution in [3.63, 3.8) is 0 Å². The van der Waals surface area contributed by atoms with E-state index in [9.17, 15) is 4.79 Å². The van der Waals surface area contributed by atoms with E-state index in [1.165, 1.54) is 0 Å². The van der Waals surface area contributed by atoms with Gasteiger partial charge >= 0.3 is 0 Å². The number of rotatable bonds is 2. The summed E-state index contributed by atoms with van der Waals surface area (Å²) >= 11 is 0. The van der Waals surface area contributed by atoms with Crippen molar-refractivity contribution in [2.24, 2.45) is 0 Å². The van der Waals surface area contributed by atoms with Crippen LogP contribution in [0.2, 0.25) is 0 Å². The van der Waals surface area contributed by atoms with Gasteiger partial charge in [0.05, 0.1) is 22.8 Å². The highest BCUT2D eigenvalue weighted by molar-refractivity contribution is 5.94. The van der Waals surface area contributed by atoms with Gasteiger partial charge in [0, 0.05) is 43.3 Å². The molecule has 2 heterocycles. The Balaban J connectivity index is 1.78. The van der Waals surface area contributed by atoms with Crippen molar-refractivity contribution >= 4 is 33.1 Å². The molecule has 1 fully saturated rings. The van der Waals surface area contributed by atoms with Gasteiger partial charge in [-0.1, -0.05) is 12.1 Å². The zero-order valence-electron chi connectivity index (χ0n) is 15.3. The Morgan fingerprint density at radius 2 is 1.73 bits per heavy atom. The van der Waals surface area contributed by atoms with Crippen LogP contribution >= 0.6 is 0 Å². The molecule has 134 valence electrons. The number of aromatic nitrogens is 1. The molecule has 0 unspecified atom stereocenters. The number of nitrogens with two attached hydrogens (primary N) is 1. The first kappa shape index (κ1) is 16.8. The van der Waals surface area contributed by atoms with Crippen LogP contribution in [-0.4, -0.2) is 42.1 Å². The molecule has 0 saturated carbocycles. The van der Waals surface area contributed by atoms with Gasteiger partial charge in [0.1, 0.15) is 0 Å². The van der Waals surface area contributed by atoms with E-state index >= 15 is 0 Å². The summed E-state index contributed by atoms with van der Waals surface area (Å²) in [7, 11) is 0. The molecular formula is C21H24N4O. The Kier molecular flexibility index (Phi) is 4.24. The predicted molar refractivity (Wildman–Crippen MR) is 109 cm³/mol. The Labute approximate surface area is 153 Å². The van der Waals surface area contributed by atoms with Gasteiger partial charge in [-0.15, -0.1) is 0 Å². The van der Waals surface area contributed by atoms with Crippen LogP contribution in [-0.2, 0) is 0 Å². The second-order valence-corrected chi connectivity index (χ2v) is 7.25. The van der Waals surface area contributed by atoms with E-state index in [0.29, 0.717) is 28.0 Å². The number of fused-ring (bicyclic) bond motifs is 2. The van der Waals surface area contributed by atoms with E-state index < -0.39 is 0 Å². The van der Waals surface area contributed by atoms with E-state index in [1.807, 2.05) is 36.5 Å². The summed E-state index contributed by atoms with van der Waals surface area (Å²) in [5.41, 5.74) is 8.21. The van der Waals surface area contributed by atoms with Gasteiger partial charge < -0.3 is 10.6 Å². The third-order valence-electron chi connectivity index (χ3n) is 5.30. The maximum Gasteiger partial charge on any atom is 0.195 e. The smallest absolute Gasteiger partial charge is 0.195 e. The molecule has 0 atom stereocenters. The third-order valence-corrected chi connectivity index (χ3v) is 5.30. The molecular weight excluding hydrogens is 324 g/mol. The number of hydrogen-bond acceptors (Lipinski definition) is 5. The van der Waals surface area contributed by atoms with Crippen molar-refractivity contribution in [1.82, 2.24) is 9.88 Å². The van der Waals surface area contributed by atoms with Crippen molar-refractivity contribution in [2.45, 2.75) is 19.9 Å². The average molecular weight is 348 g/mol. The second-order valence-electron chi connectivity index (χ2n) is 7.25. The van der Waals surface area contributed by atoms with E-state index in [2.05, 4.69) is 28.6 Å². The largest absolute Gasteiger partial charge is 0.399 e. The van der Waals surface area contributed by atoms with E-state index in [4.69, 9.17) is 5.73 Å². The van der Waals surface area contributed by atoms with Crippen molar-refractivity contribution in [3.05, 3.63) is 52.8 Å². The minimum Gasteiger partial charge on any atom is -0.399 e. The molecule has 0 radical (unpaired) electrons. The first-order valence-corrected chi connectivity index (χ1v) is 9.14. The summed E-state index contributed by atoms with van der Waals surface area (Å²) < 4.78 is 0. The van der Waals surface area contributed by atoms with Crippen LogP contribution in [0.4, 0.5) is 11.4 Å². The molecule has 1 aliphatic heterocycles. The predicted octanol–water partition coefficient (Wildman–Crippen LogP) is 2.86. The minimum atomic E-state index is -0.0116. The molecule has 5 heteroatoms. The summed E-state index contributed by atoms with van der Waals surface area (Å²) in [4.78, 5) is 22.5. The fraction of sp³-hybridized carbons (Fsp3) is 0.333. The lowest BCUT2D eigenvalue weighted by atomic mass is 10.1. The number of pyridine rings is 1. The highest BCUT2D eigenvalue weighted by Crippen LogP contribution is 2.22. The van der Waals surface area contributed by atoms with Gasteiger partial charge in [0.15, 0.2) is 5.43 Å². The maximum absolute atomic E-state index is 13.1. The number of nitrogen functional groups attached to an aromatic ring is 1. The van der Waals surface area contributed by atoms with Gasteiger partial charge in [-0.3, -0.25) is 14.7 Å². The molecule has 1 saturated heterocycles. The van der Waals surface area contributed by atoms with Crippen molar-refractivity contribution < 1.29 is 0 Å². The number of hydrogen-bond donors (Lipinski definition) is 1. The van der Waals surface area contributed by atoms with Crippen LogP contribution in [0.15, 0.2) is 47.4 Å². The zero-order chi connectivity index (χ0) is 18.3. The van der Waals surface area contributed by atoms with Crippen molar-refractivity contribution in [1.29, 1.82) is 0 Å². The lowest BCUT2D eigenvalue weighted by Gasteiger charge is -2.38. The van der Waals surface area contributed by atoms with Gasteiger partial charge in [0.25, 0.3) is 0 Å². The minimum absolute atomic E-state index is 0.0116. The normalized spacial score (nSPS) is 15.9. The highest BCUT2D eigenvalue weighted by Gasteiger charge is 2.19. The van der Waals surface area contributed by atoms with E-state index in [0.717, 1.165) is 37.3 Å². The summed E-state index contributed by atoms with van der Waals surface area (Å²) in [5, 5.41) is 2.17. The average Bonchev–Trinajstić information content (AvgIpc) is 2.79. The first-order valence-electron chi connectivity index (χ1n) is 9.14. The topological polar surface area (TPSA) is 62.5 Å². The van der Waals surface area contributed by atoms with Gasteiger partial charge in [0.2, 0.25) is 0 Å². The third kappa shape index (κ3) is 2.99. The molecule has 0 aliphatic carbocycles. The Morgan fingerprint density at radius 3 is 2.46 bits per heavy atom. The Morgan fingerprint density at radius 1 is 1.00 bits per heavy atom. The maximum atomic E-state index is 13.1. The summed E-state index contributed by atoms with van der Waals surface area (Å²) in [5.74, 6) is 0. The highest BCUT2D eigenvalue weighted by atomic mass is 16.1. The van der Waals surface area contributed by atoms with Crippen molar-refractivity contribution in [3.8, 4) is 0 Å². The van der Waals surface area contributed by atoms with Gasteiger partial charge in [-0.25, -0.2) is 0 Å². The molecule has 2 N–H and O–H groups in total. The van der Waals surface area contributed by atoms with E-state index in [-0.39, 0.29) is 5.43 Å². The standard InChI is InChI=1S/C21H24N4O/c1-14(2)24-7-9-25(10-8-24)17-12-19-20(23-13-17)6-4-15-3-5-16(22)11-18(15)21(19)26/h3-6,11-14H,7-10,22H2,1-2H3. The quantitative estimate of drug-likeness (QED) is 0.722. The number of nitrogens with zero attached hydrogens (tertiary/aromatic N) is 3. The Hall–Kier alpha value is -2.66. The van der Waals surface area contributed by atoms with Gasteiger partial charge in [-0.05, 0) is 43.5 Å². The lowest BCUT2D eigenvalue weighted by molar-refractivity contribution is 0.209. The molecule has 4 rings (SSSR count). The SMILES string of the molecule is CC(C)N1CCN(c2cnc3ccc4ccc(N)cc4c(=O)c3c2)CC1. The van der Waals surface area contributed by atoms with Crippen LogP contribution in [0.25, 0.3) is 21.7 Å². The molecule has 1 aliphatic rings. The molecule has 3 aromatic rings. The molecule has 2 aromatic carbocycles. The van der Waals surface area contributed by atoms with Crippen LogP contribution < -0.4 is 16.1 Å². The first-order chi connectivity index (χ1) is 12.5.